The summed E-state index contributed by atoms with van der Waals surface area (Å²) < 4.78 is 5.96. The largest absolute Gasteiger partial charge is 0.371 e. The van der Waals surface area contributed by atoms with Gasteiger partial charge in [-0.2, -0.15) is 5.10 Å². The van der Waals surface area contributed by atoms with Crippen molar-refractivity contribution in [1.29, 1.82) is 0 Å². The summed E-state index contributed by atoms with van der Waals surface area (Å²) >= 11 is 0. The first-order chi connectivity index (χ1) is 8.22. The molecule has 3 N–H and O–H groups in total. The van der Waals surface area contributed by atoms with Crippen molar-refractivity contribution in [2.45, 2.75) is 45.1 Å². The predicted octanol–water partition coefficient (Wildman–Crippen LogP) is 0.634. The van der Waals surface area contributed by atoms with Crippen LogP contribution in [0.15, 0.2) is 17.3 Å². The van der Waals surface area contributed by atoms with Crippen molar-refractivity contribution in [3.8, 4) is 0 Å². The van der Waals surface area contributed by atoms with E-state index in [1.165, 1.54) is 0 Å². The van der Waals surface area contributed by atoms with Gasteiger partial charge in [0.1, 0.15) is 12.0 Å². The molecule has 1 fully saturated rings. The zero-order valence-electron chi connectivity index (χ0n) is 10.6. The SMILES string of the molecule is CCC1CN(C2=NNC(N)C=C2)CC(CC)O1. The summed E-state index contributed by atoms with van der Waals surface area (Å²) in [4.78, 5) is 2.28. The van der Waals surface area contributed by atoms with Crippen LogP contribution < -0.4 is 11.2 Å². The first-order valence-corrected chi connectivity index (χ1v) is 6.40. The summed E-state index contributed by atoms with van der Waals surface area (Å²) in [6.07, 6.45) is 6.45. The minimum Gasteiger partial charge on any atom is -0.371 e. The summed E-state index contributed by atoms with van der Waals surface area (Å²) in [5.41, 5.74) is 8.58. The van der Waals surface area contributed by atoms with Crippen molar-refractivity contribution in [1.82, 2.24) is 10.3 Å². The molecule has 2 rings (SSSR count). The van der Waals surface area contributed by atoms with Crippen LogP contribution in [0.2, 0.25) is 0 Å². The van der Waals surface area contributed by atoms with E-state index in [1.807, 2.05) is 12.2 Å². The second-order valence-electron chi connectivity index (χ2n) is 4.59. The highest BCUT2D eigenvalue weighted by Crippen LogP contribution is 2.17. The van der Waals surface area contributed by atoms with Gasteiger partial charge in [0.05, 0.1) is 12.2 Å². The summed E-state index contributed by atoms with van der Waals surface area (Å²) in [6, 6.07) is 0. The number of morpholine rings is 1. The van der Waals surface area contributed by atoms with Crippen LogP contribution in [0.4, 0.5) is 0 Å². The summed E-state index contributed by atoms with van der Waals surface area (Å²) in [6.45, 7) is 6.14. The van der Waals surface area contributed by atoms with E-state index in [2.05, 4.69) is 29.3 Å². The second-order valence-corrected chi connectivity index (χ2v) is 4.59. The molecule has 17 heavy (non-hydrogen) atoms. The smallest absolute Gasteiger partial charge is 0.148 e. The molecule has 1 saturated heterocycles. The van der Waals surface area contributed by atoms with E-state index in [-0.39, 0.29) is 6.17 Å². The lowest BCUT2D eigenvalue weighted by Crippen LogP contribution is -2.51. The highest BCUT2D eigenvalue weighted by atomic mass is 16.5. The van der Waals surface area contributed by atoms with Gasteiger partial charge in [-0.05, 0) is 25.0 Å². The zero-order valence-corrected chi connectivity index (χ0v) is 10.6. The van der Waals surface area contributed by atoms with Crippen molar-refractivity contribution < 1.29 is 4.74 Å². The highest BCUT2D eigenvalue weighted by molar-refractivity contribution is 5.93. The number of nitrogens with one attached hydrogen (secondary N) is 1. The van der Waals surface area contributed by atoms with Gasteiger partial charge < -0.3 is 15.4 Å². The van der Waals surface area contributed by atoms with Crippen LogP contribution >= 0.6 is 0 Å². The van der Waals surface area contributed by atoms with Gasteiger partial charge in [-0.15, -0.1) is 0 Å². The summed E-state index contributed by atoms with van der Waals surface area (Å²) in [7, 11) is 0. The molecule has 0 saturated carbocycles. The standard InChI is InChI=1S/C12H22N4O/c1-3-9-7-16(8-10(4-2)17-9)12-6-5-11(13)14-15-12/h5-6,9-11,14H,3-4,7-8,13H2,1-2H3. The van der Waals surface area contributed by atoms with Gasteiger partial charge in [-0.3, -0.25) is 5.43 Å². The first-order valence-electron chi connectivity index (χ1n) is 6.40. The number of hydrogen-bond acceptors (Lipinski definition) is 5. The van der Waals surface area contributed by atoms with Crippen molar-refractivity contribution in [2.24, 2.45) is 10.8 Å². The Labute approximate surface area is 103 Å². The third kappa shape index (κ3) is 2.98. The first kappa shape index (κ1) is 12.4. The normalized spacial score (nSPS) is 33.2. The molecule has 2 aliphatic rings. The molecule has 0 radical (unpaired) electrons. The highest BCUT2D eigenvalue weighted by Gasteiger charge is 2.27. The van der Waals surface area contributed by atoms with Gasteiger partial charge in [-0.1, -0.05) is 13.8 Å². The van der Waals surface area contributed by atoms with Gasteiger partial charge in [0, 0.05) is 13.1 Å². The molecule has 3 unspecified atom stereocenters. The van der Waals surface area contributed by atoms with Crippen LogP contribution in [0.5, 0.6) is 0 Å². The average molecular weight is 238 g/mol. The van der Waals surface area contributed by atoms with E-state index in [0.717, 1.165) is 31.8 Å². The molecule has 0 bridgehead atoms. The Hall–Kier alpha value is -1.07. The maximum absolute atomic E-state index is 5.96. The number of hydrogen-bond donors (Lipinski definition) is 2. The van der Waals surface area contributed by atoms with E-state index in [4.69, 9.17) is 10.5 Å². The lowest BCUT2D eigenvalue weighted by molar-refractivity contribution is -0.0686. The number of ether oxygens (including phenoxy) is 1. The number of rotatable bonds is 2. The summed E-state index contributed by atoms with van der Waals surface area (Å²) in [5, 5.41) is 4.30. The Bertz CT molecular complexity index is 304. The summed E-state index contributed by atoms with van der Waals surface area (Å²) in [5.74, 6) is 0.965. The minimum absolute atomic E-state index is 0.163. The van der Waals surface area contributed by atoms with Gasteiger partial charge in [-0.25, -0.2) is 0 Å². The molecule has 5 nitrogen and oxygen atoms in total. The second kappa shape index (κ2) is 5.51. The number of hydrazone groups is 1. The molecular formula is C12H22N4O. The minimum atomic E-state index is -0.163. The molecule has 96 valence electrons. The van der Waals surface area contributed by atoms with E-state index in [0.29, 0.717) is 12.2 Å². The monoisotopic (exact) mass is 238 g/mol. The van der Waals surface area contributed by atoms with Crippen molar-refractivity contribution >= 4 is 5.84 Å². The fraction of sp³-hybridized carbons (Fsp3) is 0.750. The molecule has 2 heterocycles. The third-order valence-corrected chi connectivity index (χ3v) is 3.25. The van der Waals surface area contributed by atoms with Gasteiger partial charge in [0.15, 0.2) is 0 Å². The Kier molecular flexibility index (Phi) is 4.02. The fourth-order valence-electron chi connectivity index (χ4n) is 2.15. The molecule has 3 atom stereocenters. The topological polar surface area (TPSA) is 62.9 Å². The van der Waals surface area contributed by atoms with E-state index in [9.17, 15) is 0 Å². The van der Waals surface area contributed by atoms with Crippen LogP contribution in [0.3, 0.4) is 0 Å². The van der Waals surface area contributed by atoms with Gasteiger partial charge >= 0.3 is 0 Å². The number of amidine groups is 1. The van der Waals surface area contributed by atoms with Crippen molar-refractivity contribution in [3.05, 3.63) is 12.2 Å². The molecule has 0 aromatic carbocycles. The van der Waals surface area contributed by atoms with E-state index < -0.39 is 0 Å². The molecule has 0 amide bonds. The molecule has 5 heteroatoms. The Morgan fingerprint density at radius 2 is 2.06 bits per heavy atom. The molecule has 0 aliphatic carbocycles. The Morgan fingerprint density at radius 3 is 2.53 bits per heavy atom. The lowest BCUT2D eigenvalue weighted by Gasteiger charge is -2.39. The molecule has 0 aromatic rings. The maximum atomic E-state index is 5.96. The van der Waals surface area contributed by atoms with E-state index in [1.54, 1.807) is 0 Å². The molecular weight excluding hydrogens is 216 g/mol. The van der Waals surface area contributed by atoms with Crippen LogP contribution in [-0.2, 0) is 4.74 Å². The van der Waals surface area contributed by atoms with Gasteiger partial charge in [0.2, 0.25) is 0 Å². The van der Waals surface area contributed by atoms with Crippen LogP contribution in [0, 0.1) is 0 Å². The van der Waals surface area contributed by atoms with Crippen molar-refractivity contribution in [3.63, 3.8) is 0 Å². The quantitative estimate of drug-likeness (QED) is 0.741. The van der Waals surface area contributed by atoms with Crippen LogP contribution in [0.25, 0.3) is 0 Å². The number of nitrogens with zero attached hydrogens (tertiary/aromatic N) is 2. The number of nitrogens with two attached hydrogens (primary N) is 1. The lowest BCUT2D eigenvalue weighted by atomic mass is 10.1. The average Bonchev–Trinajstić information content (AvgIpc) is 2.39. The molecule has 2 aliphatic heterocycles. The van der Waals surface area contributed by atoms with Crippen LogP contribution in [0.1, 0.15) is 26.7 Å². The van der Waals surface area contributed by atoms with E-state index >= 15 is 0 Å². The molecule has 0 spiro atoms. The Balaban J connectivity index is 2.02. The third-order valence-electron chi connectivity index (χ3n) is 3.25. The zero-order chi connectivity index (χ0) is 12.3. The fourth-order valence-corrected chi connectivity index (χ4v) is 2.15. The maximum Gasteiger partial charge on any atom is 0.148 e. The molecule has 0 aromatic heterocycles. The van der Waals surface area contributed by atoms with Gasteiger partial charge in [0.25, 0.3) is 0 Å². The van der Waals surface area contributed by atoms with Crippen molar-refractivity contribution in [2.75, 3.05) is 13.1 Å². The Morgan fingerprint density at radius 1 is 1.41 bits per heavy atom. The predicted molar refractivity (Wildman–Crippen MR) is 68.5 cm³/mol. The van der Waals surface area contributed by atoms with Crippen LogP contribution in [-0.4, -0.2) is 42.2 Å².